The van der Waals surface area contributed by atoms with E-state index in [1.54, 1.807) is 4.40 Å². The zero-order valence-electron chi connectivity index (χ0n) is 9.01. The maximum absolute atomic E-state index is 2.38. The molecular weight excluding hydrogens is 217 g/mol. The van der Waals surface area contributed by atoms with Crippen LogP contribution in [0.3, 0.4) is 0 Å². The number of benzene rings is 1. The Balaban J connectivity index is 3.01. The van der Waals surface area contributed by atoms with Crippen molar-refractivity contribution in [1.82, 2.24) is 0 Å². The van der Waals surface area contributed by atoms with Crippen LogP contribution in [0.25, 0.3) is 0 Å². The summed E-state index contributed by atoms with van der Waals surface area (Å²) in [5.41, 5.74) is 0. The van der Waals surface area contributed by atoms with Gasteiger partial charge in [0, 0.05) is 0 Å². The van der Waals surface area contributed by atoms with Gasteiger partial charge in [-0.2, -0.15) is 0 Å². The van der Waals surface area contributed by atoms with Gasteiger partial charge in [0.15, 0.2) is 0 Å². The van der Waals surface area contributed by atoms with Crippen molar-refractivity contribution in [2.45, 2.75) is 36.5 Å². The second-order valence-corrected chi connectivity index (χ2v) is 14.7. The molecular formula is C12H20Ge. The van der Waals surface area contributed by atoms with Gasteiger partial charge in [0.05, 0.1) is 0 Å². The molecule has 0 fully saturated rings. The molecule has 0 aliphatic rings. The van der Waals surface area contributed by atoms with E-state index in [9.17, 15) is 0 Å². The topological polar surface area (TPSA) is 0 Å². The molecule has 1 heteroatoms. The molecule has 0 saturated carbocycles. The Morgan fingerprint density at radius 2 is 1.31 bits per heavy atom. The van der Waals surface area contributed by atoms with E-state index in [-0.39, 0.29) is 0 Å². The molecule has 0 heterocycles. The quantitative estimate of drug-likeness (QED) is 0.704. The van der Waals surface area contributed by atoms with E-state index in [4.69, 9.17) is 0 Å². The summed E-state index contributed by atoms with van der Waals surface area (Å²) in [7, 11) is 0. The first-order valence-electron chi connectivity index (χ1n) is 5.34. The van der Waals surface area contributed by atoms with Crippen LogP contribution in [0.15, 0.2) is 30.3 Å². The standard InChI is InChI=1S/C12H20Ge/c1-4-13(5-2,6-3)12-10-8-7-9-11-12/h7-11H,4-6H2,1-3H3. The van der Waals surface area contributed by atoms with E-state index >= 15 is 0 Å². The fraction of sp³-hybridized carbons (Fsp3) is 0.500. The Morgan fingerprint density at radius 1 is 0.846 bits per heavy atom. The van der Waals surface area contributed by atoms with Crippen molar-refractivity contribution >= 4 is 17.7 Å². The molecule has 72 valence electrons. The molecule has 0 aromatic heterocycles. The molecule has 0 aliphatic heterocycles. The van der Waals surface area contributed by atoms with Crippen molar-refractivity contribution < 1.29 is 0 Å². The minimum atomic E-state index is -1.62. The molecule has 1 rings (SSSR count). The zero-order chi connectivity index (χ0) is 9.73. The summed E-state index contributed by atoms with van der Waals surface area (Å²) in [6.45, 7) is 7.12. The summed E-state index contributed by atoms with van der Waals surface area (Å²) in [4.78, 5) is 0. The van der Waals surface area contributed by atoms with E-state index in [1.807, 2.05) is 0 Å². The van der Waals surface area contributed by atoms with Gasteiger partial charge in [0.2, 0.25) is 0 Å². The van der Waals surface area contributed by atoms with Crippen LogP contribution in [0.4, 0.5) is 0 Å². The van der Waals surface area contributed by atoms with Crippen LogP contribution in [0.1, 0.15) is 20.8 Å². The molecule has 0 atom stereocenters. The molecule has 0 aliphatic carbocycles. The summed E-state index contributed by atoms with van der Waals surface area (Å²) in [6, 6.07) is 11.2. The van der Waals surface area contributed by atoms with Gasteiger partial charge < -0.3 is 0 Å². The maximum atomic E-state index is 2.38. The first-order chi connectivity index (χ1) is 6.29. The zero-order valence-corrected chi connectivity index (χ0v) is 11.1. The minimum absolute atomic E-state index is 1.43. The van der Waals surface area contributed by atoms with Crippen molar-refractivity contribution in [3.05, 3.63) is 30.3 Å². The SMILES string of the molecule is C[CH2][Ge]([CH2]C)([CH2]C)[c]1ccccc1. The Kier molecular flexibility index (Phi) is 4.04. The molecule has 0 radical (unpaired) electrons. The number of rotatable bonds is 4. The van der Waals surface area contributed by atoms with Crippen LogP contribution < -0.4 is 4.40 Å². The molecule has 0 saturated heterocycles. The molecule has 0 bridgehead atoms. The van der Waals surface area contributed by atoms with Gasteiger partial charge in [-0.05, 0) is 0 Å². The normalized spacial score (nSPS) is 11.6. The van der Waals surface area contributed by atoms with E-state index < -0.39 is 13.3 Å². The summed E-state index contributed by atoms with van der Waals surface area (Å²) in [5, 5.41) is 4.28. The van der Waals surface area contributed by atoms with Gasteiger partial charge in [0.25, 0.3) is 0 Å². The van der Waals surface area contributed by atoms with Crippen LogP contribution in [0, 0.1) is 0 Å². The van der Waals surface area contributed by atoms with Crippen molar-refractivity contribution in [1.29, 1.82) is 0 Å². The van der Waals surface area contributed by atoms with Gasteiger partial charge >= 0.3 is 84.5 Å². The fourth-order valence-corrected chi connectivity index (χ4v) is 9.76. The monoisotopic (exact) mass is 238 g/mol. The summed E-state index contributed by atoms with van der Waals surface area (Å²) in [6.07, 6.45) is 0. The predicted molar refractivity (Wildman–Crippen MR) is 63.3 cm³/mol. The number of hydrogen-bond donors (Lipinski definition) is 0. The van der Waals surface area contributed by atoms with Gasteiger partial charge in [-0.1, -0.05) is 0 Å². The summed E-state index contributed by atoms with van der Waals surface area (Å²) >= 11 is -1.62. The molecule has 0 amide bonds. The van der Waals surface area contributed by atoms with E-state index in [0.717, 1.165) is 0 Å². The molecule has 0 N–H and O–H groups in total. The van der Waals surface area contributed by atoms with Crippen molar-refractivity contribution in [3.8, 4) is 0 Å². The van der Waals surface area contributed by atoms with Crippen LogP contribution in [0.2, 0.25) is 15.8 Å². The van der Waals surface area contributed by atoms with Crippen LogP contribution in [0.5, 0.6) is 0 Å². The first-order valence-corrected chi connectivity index (χ1v) is 10.8. The van der Waals surface area contributed by atoms with E-state index in [2.05, 4.69) is 51.1 Å². The Morgan fingerprint density at radius 3 is 1.69 bits per heavy atom. The molecule has 1 aromatic rings. The van der Waals surface area contributed by atoms with Gasteiger partial charge in [-0.25, -0.2) is 0 Å². The third-order valence-electron chi connectivity index (χ3n) is 3.42. The van der Waals surface area contributed by atoms with Crippen LogP contribution in [-0.4, -0.2) is 13.3 Å². The van der Waals surface area contributed by atoms with E-state index in [1.165, 1.54) is 15.8 Å². The fourth-order valence-electron chi connectivity index (χ4n) is 2.15. The average Bonchev–Trinajstić information content (AvgIpc) is 2.23. The van der Waals surface area contributed by atoms with Crippen LogP contribution >= 0.6 is 0 Å². The Hall–Kier alpha value is -0.237. The second-order valence-electron chi connectivity index (χ2n) is 3.71. The van der Waals surface area contributed by atoms with Gasteiger partial charge in [-0.15, -0.1) is 0 Å². The predicted octanol–water partition coefficient (Wildman–Crippen LogP) is 3.40. The summed E-state index contributed by atoms with van der Waals surface area (Å²) in [5.74, 6) is 0. The average molecular weight is 237 g/mol. The number of hydrogen-bond acceptors (Lipinski definition) is 0. The molecule has 0 nitrogen and oxygen atoms in total. The molecule has 1 aromatic carbocycles. The molecule has 0 spiro atoms. The Labute approximate surface area is 84.7 Å². The Bertz CT molecular complexity index is 228. The van der Waals surface area contributed by atoms with Crippen molar-refractivity contribution in [3.63, 3.8) is 0 Å². The van der Waals surface area contributed by atoms with Crippen LogP contribution in [-0.2, 0) is 0 Å². The molecule has 0 unspecified atom stereocenters. The summed E-state index contributed by atoms with van der Waals surface area (Å²) < 4.78 is 1.69. The van der Waals surface area contributed by atoms with Gasteiger partial charge in [0.1, 0.15) is 0 Å². The van der Waals surface area contributed by atoms with Crippen molar-refractivity contribution in [2.24, 2.45) is 0 Å². The van der Waals surface area contributed by atoms with E-state index in [0.29, 0.717) is 0 Å². The van der Waals surface area contributed by atoms with Gasteiger partial charge in [-0.3, -0.25) is 0 Å². The second kappa shape index (κ2) is 4.85. The third kappa shape index (κ3) is 2.16. The molecule has 13 heavy (non-hydrogen) atoms. The van der Waals surface area contributed by atoms with Crippen molar-refractivity contribution in [2.75, 3.05) is 0 Å². The first kappa shape index (κ1) is 10.8. The third-order valence-corrected chi connectivity index (χ3v) is 15.2.